The van der Waals surface area contributed by atoms with Crippen LogP contribution >= 0.6 is 0 Å². The van der Waals surface area contributed by atoms with Crippen LogP contribution in [-0.2, 0) is 0 Å². The van der Waals surface area contributed by atoms with E-state index in [0.717, 1.165) is 16.5 Å². The quantitative estimate of drug-likeness (QED) is 0.751. The average Bonchev–Trinajstić information content (AvgIpc) is 2.91. The van der Waals surface area contributed by atoms with Gasteiger partial charge in [0.1, 0.15) is 12.1 Å². The van der Waals surface area contributed by atoms with E-state index in [9.17, 15) is 0 Å². The number of rotatable bonds is 3. The zero-order chi connectivity index (χ0) is 14.1. The first-order chi connectivity index (χ1) is 9.74. The molecule has 20 heavy (non-hydrogen) atoms. The number of nitrogens with one attached hydrogen (secondary N) is 1. The molecule has 0 unspecified atom stereocenters. The fraction of sp³-hybridized carbons (Fsp3) is 0.154. The van der Waals surface area contributed by atoms with Crippen molar-refractivity contribution in [2.24, 2.45) is 0 Å². The van der Waals surface area contributed by atoms with Crippen LogP contribution in [-0.4, -0.2) is 34.4 Å². The van der Waals surface area contributed by atoms with Gasteiger partial charge in [-0.25, -0.2) is 9.97 Å². The maximum absolute atomic E-state index is 5.86. The summed E-state index contributed by atoms with van der Waals surface area (Å²) in [4.78, 5) is 8.54. The van der Waals surface area contributed by atoms with Crippen LogP contribution in [0.3, 0.4) is 0 Å². The van der Waals surface area contributed by atoms with Gasteiger partial charge in [0.2, 0.25) is 0 Å². The van der Waals surface area contributed by atoms with Crippen molar-refractivity contribution in [1.82, 2.24) is 20.2 Å². The van der Waals surface area contributed by atoms with Gasteiger partial charge in [-0.3, -0.25) is 5.10 Å². The highest BCUT2D eigenvalue weighted by molar-refractivity contribution is 5.96. The Balaban J connectivity index is 2.32. The van der Waals surface area contributed by atoms with Gasteiger partial charge in [0.25, 0.3) is 0 Å². The molecule has 1 aromatic carbocycles. The Hall–Kier alpha value is -2.83. The first-order valence-electron chi connectivity index (χ1n) is 5.90. The normalized spacial score (nSPS) is 10.7. The van der Waals surface area contributed by atoms with Gasteiger partial charge in [0.05, 0.1) is 37.2 Å². The highest BCUT2D eigenvalue weighted by atomic mass is 16.5. The summed E-state index contributed by atoms with van der Waals surface area (Å²) in [6, 6.07) is 3.63. The van der Waals surface area contributed by atoms with E-state index in [-0.39, 0.29) is 0 Å². The van der Waals surface area contributed by atoms with Gasteiger partial charge in [0, 0.05) is 11.5 Å². The largest absolute Gasteiger partial charge is 0.493 e. The Morgan fingerprint density at radius 1 is 1.10 bits per heavy atom. The zero-order valence-electron chi connectivity index (χ0n) is 11.0. The molecule has 0 radical (unpaired) electrons. The van der Waals surface area contributed by atoms with Crippen LogP contribution in [0, 0.1) is 0 Å². The number of hydrogen-bond acceptors (Lipinski definition) is 6. The van der Waals surface area contributed by atoms with Crippen LogP contribution in [0.2, 0.25) is 0 Å². The minimum absolute atomic E-state index is 0.458. The summed E-state index contributed by atoms with van der Waals surface area (Å²) in [5.41, 5.74) is 8.02. The van der Waals surface area contributed by atoms with E-state index in [2.05, 4.69) is 20.2 Å². The van der Waals surface area contributed by atoms with Crippen molar-refractivity contribution in [1.29, 1.82) is 0 Å². The third kappa shape index (κ3) is 1.80. The molecule has 0 amide bonds. The summed E-state index contributed by atoms with van der Waals surface area (Å²) in [5.74, 6) is 1.68. The average molecular weight is 271 g/mol. The minimum atomic E-state index is 0.458. The molecule has 3 aromatic rings. The van der Waals surface area contributed by atoms with E-state index in [1.807, 2.05) is 6.07 Å². The molecule has 102 valence electrons. The fourth-order valence-corrected chi connectivity index (χ4v) is 2.08. The van der Waals surface area contributed by atoms with E-state index < -0.39 is 0 Å². The third-order valence-corrected chi connectivity index (χ3v) is 3.06. The van der Waals surface area contributed by atoms with E-state index in [4.69, 9.17) is 15.2 Å². The number of nitrogen functional groups attached to an aromatic ring is 1. The number of H-pyrrole nitrogens is 1. The maximum Gasteiger partial charge on any atom is 0.162 e. The van der Waals surface area contributed by atoms with E-state index in [1.165, 1.54) is 6.33 Å². The molecule has 0 bridgehead atoms. The summed E-state index contributed by atoms with van der Waals surface area (Å²) in [6.45, 7) is 0. The van der Waals surface area contributed by atoms with Crippen molar-refractivity contribution in [3.05, 3.63) is 24.7 Å². The number of methoxy groups -OCH3 is 2. The summed E-state index contributed by atoms with van der Waals surface area (Å²) in [5, 5.41) is 7.43. The maximum atomic E-state index is 5.86. The predicted octanol–water partition coefficient (Wildman–Crippen LogP) is 1.62. The number of fused-ring (bicyclic) bond motifs is 1. The van der Waals surface area contributed by atoms with Crippen LogP contribution in [0.5, 0.6) is 11.5 Å². The second-order valence-electron chi connectivity index (χ2n) is 4.14. The van der Waals surface area contributed by atoms with Gasteiger partial charge in [-0.1, -0.05) is 0 Å². The number of nitrogens with two attached hydrogens (primary N) is 1. The Labute approximate surface area is 114 Å². The van der Waals surface area contributed by atoms with Crippen LogP contribution in [0.25, 0.3) is 22.2 Å². The molecule has 0 spiro atoms. The van der Waals surface area contributed by atoms with Crippen molar-refractivity contribution in [3.63, 3.8) is 0 Å². The first kappa shape index (κ1) is 12.2. The summed E-state index contributed by atoms with van der Waals surface area (Å²) in [7, 11) is 3.17. The molecule has 0 aliphatic rings. The van der Waals surface area contributed by atoms with Gasteiger partial charge >= 0.3 is 0 Å². The number of nitrogens with zero attached hydrogens (tertiary/aromatic N) is 3. The molecule has 3 rings (SSSR count). The number of benzene rings is 1. The van der Waals surface area contributed by atoms with Crippen molar-refractivity contribution < 1.29 is 9.47 Å². The molecular weight excluding hydrogens is 258 g/mol. The van der Waals surface area contributed by atoms with E-state index >= 15 is 0 Å². The van der Waals surface area contributed by atoms with Crippen LogP contribution in [0.4, 0.5) is 5.82 Å². The lowest BCUT2D eigenvalue weighted by Gasteiger charge is -2.10. The van der Waals surface area contributed by atoms with Crippen LogP contribution in [0.1, 0.15) is 0 Å². The second kappa shape index (κ2) is 4.69. The standard InChI is InChI=1S/C13H13N5O2/c1-19-10-3-7-9(4-11(10)20-2)15-6-16-12(7)8-5-17-18-13(8)14/h3-6H,1-2H3,(H3,14,17,18). The lowest BCUT2D eigenvalue weighted by Crippen LogP contribution is -1.95. The van der Waals surface area contributed by atoms with Gasteiger partial charge in [0.15, 0.2) is 11.5 Å². The summed E-state index contributed by atoms with van der Waals surface area (Å²) >= 11 is 0. The van der Waals surface area contributed by atoms with Crippen LogP contribution < -0.4 is 15.2 Å². The number of aromatic amines is 1. The Morgan fingerprint density at radius 3 is 2.50 bits per heavy atom. The number of ether oxygens (including phenoxy) is 2. The van der Waals surface area contributed by atoms with E-state index in [0.29, 0.717) is 23.0 Å². The summed E-state index contributed by atoms with van der Waals surface area (Å²) in [6.07, 6.45) is 3.11. The van der Waals surface area contributed by atoms with Crippen molar-refractivity contribution >= 4 is 16.7 Å². The summed E-state index contributed by atoms with van der Waals surface area (Å²) < 4.78 is 10.6. The number of anilines is 1. The molecule has 0 aliphatic heterocycles. The minimum Gasteiger partial charge on any atom is -0.493 e. The topological polar surface area (TPSA) is 98.9 Å². The molecule has 0 saturated carbocycles. The number of hydrogen-bond donors (Lipinski definition) is 2. The van der Waals surface area contributed by atoms with Gasteiger partial charge in [-0.15, -0.1) is 0 Å². The molecule has 0 atom stereocenters. The Kier molecular flexibility index (Phi) is 2.86. The van der Waals surface area contributed by atoms with Crippen molar-refractivity contribution in [2.75, 3.05) is 20.0 Å². The fourth-order valence-electron chi connectivity index (χ4n) is 2.08. The van der Waals surface area contributed by atoms with Crippen LogP contribution in [0.15, 0.2) is 24.7 Å². The van der Waals surface area contributed by atoms with Crippen molar-refractivity contribution in [2.45, 2.75) is 0 Å². The highest BCUT2D eigenvalue weighted by Gasteiger charge is 2.14. The lowest BCUT2D eigenvalue weighted by atomic mass is 10.1. The van der Waals surface area contributed by atoms with Gasteiger partial charge in [-0.2, -0.15) is 5.10 Å². The smallest absolute Gasteiger partial charge is 0.162 e. The predicted molar refractivity (Wildman–Crippen MR) is 74.6 cm³/mol. The van der Waals surface area contributed by atoms with Gasteiger partial charge < -0.3 is 15.2 Å². The molecule has 7 nitrogen and oxygen atoms in total. The first-order valence-corrected chi connectivity index (χ1v) is 5.90. The number of aromatic nitrogens is 4. The molecule has 0 saturated heterocycles. The molecular formula is C13H13N5O2. The Morgan fingerprint density at radius 2 is 1.85 bits per heavy atom. The monoisotopic (exact) mass is 271 g/mol. The van der Waals surface area contributed by atoms with E-state index in [1.54, 1.807) is 26.5 Å². The second-order valence-corrected chi connectivity index (χ2v) is 4.14. The Bertz CT molecular complexity index is 769. The molecule has 0 fully saturated rings. The zero-order valence-corrected chi connectivity index (χ0v) is 11.0. The molecule has 3 N–H and O–H groups in total. The molecule has 2 heterocycles. The molecule has 7 heteroatoms. The third-order valence-electron chi connectivity index (χ3n) is 3.06. The molecule has 0 aliphatic carbocycles. The molecule has 2 aromatic heterocycles. The van der Waals surface area contributed by atoms with Gasteiger partial charge in [-0.05, 0) is 6.07 Å². The van der Waals surface area contributed by atoms with Crippen molar-refractivity contribution in [3.8, 4) is 22.8 Å². The lowest BCUT2D eigenvalue weighted by molar-refractivity contribution is 0.356. The highest BCUT2D eigenvalue weighted by Crippen LogP contribution is 2.35. The SMILES string of the molecule is COc1cc2ncnc(-c3cn[nH]c3N)c2cc1OC.